The number of para-hydroxylation sites is 1. The molecule has 0 aromatic heterocycles. The van der Waals surface area contributed by atoms with Gasteiger partial charge in [0.25, 0.3) is 8.45 Å². The van der Waals surface area contributed by atoms with E-state index in [0.717, 1.165) is 23.3 Å². The van der Waals surface area contributed by atoms with Crippen LogP contribution in [-0.4, -0.2) is 23.8 Å². The molecule has 2 heterocycles. The molecule has 2 fully saturated rings. The van der Waals surface area contributed by atoms with Crippen molar-refractivity contribution in [2.75, 3.05) is 17.8 Å². The Hall–Kier alpha value is -1.09. The lowest BCUT2D eigenvalue weighted by atomic mass is 9.87. The van der Waals surface area contributed by atoms with Gasteiger partial charge in [-0.15, -0.1) is 0 Å². The van der Waals surface area contributed by atoms with E-state index in [1.807, 2.05) is 0 Å². The summed E-state index contributed by atoms with van der Waals surface area (Å²) in [6, 6.07) is 17.8. The monoisotopic (exact) mass is 432 g/mol. The van der Waals surface area contributed by atoms with Crippen LogP contribution in [0, 0.1) is 0 Å². The lowest BCUT2D eigenvalue weighted by Crippen LogP contribution is -2.20. The zero-order valence-corrected chi connectivity index (χ0v) is 18.1. The van der Waals surface area contributed by atoms with Crippen molar-refractivity contribution in [3.63, 3.8) is 0 Å². The van der Waals surface area contributed by atoms with Gasteiger partial charge in [0.15, 0.2) is 0 Å². The molecule has 2 aliphatic heterocycles. The first-order chi connectivity index (χ1) is 12.4. The first kappa shape index (κ1) is 18.3. The molecule has 0 radical (unpaired) electrons. The van der Waals surface area contributed by atoms with E-state index < -0.39 is 8.45 Å². The van der Waals surface area contributed by atoms with Crippen molar-refractivity contribution in [2.45, 2.75) is 45.1 Å². The van der Waals surface area contributed by atoms with Gasteiger partial charge in [0.1, 0.15) is 5.75 Å². The van der Waals surface area contributed by atoms with Gasteiger partial charge in [-0.2, -0.15) is 0 Å². The maximum absolute atomic E-state index is 6.62. The molecular formula is C21H26BrN2OP. The molecule has 2 aromatic carbocycles. The van der Waals surface area contributed by atoms with Crippen LogP contribution in [0.4, 0.5) is 5.69 Å². The number of hydrogen-bond acceptors (Lipinski definition) is 3. The van der Waals surface area contributed by atoms with Crippen molar-refractivity contribution in [1.82, 2.24) is 4.67 Å². The van der Waals surface area contributed by atoms with Crippen LogP contribution < -0.4 is 9.19 Å². The largest absolute Gasteiger partial charge is 0.439 e. The average molecular weight is 433 g/mol. The highest BCUT2D eigenvalue weighted by molar-refractivity contribution is 9.10. The zero-order valence-electron chi connectivity index (χ0n) is 15.7. The van der Waals surface area contributed by atoms with Crippen molar-refractivity contribution in [1.29, 1.82) is 0 Å². The minimum atomic E-state index is -0.819. The number of hydrogen-bond donors (Lipinski definition) is 0. The zero-order chi connectivity index (χ0) is 18.3. The van der Waals surface area contributed by atoms with Crippen molar-refractivity contribution in [3.05, 3.63) is 58.6 Å². The fraction of sp³-hybridized carbons (Fsp3) is 0.429. The number of rotatable bonds is 3. The third-order valence-electron chi connectivity index (χ3n) is 5.19. The Bertz CT molecular complexity index is 777. The molecule has 0 spiro atoms. The molecule has 1 unspecified atom stereocenters. The standard InChI is InChI=1S/C21H26BrN2OP/c1-21(2,3)16-11-12-20(19(22)14-16)25-26-23-13-7-10-18(23)15-24(26)17-8-5-4-6-9-17/h4-6,8-9,11-12,14,18H,7,10,13,15H2,1-3H3/t18-,26?/m0/s1. The summed E-state index contributed by atoms with van der Waals surface area (Å²) in [5.74, 6) is 0.942. The van der Waals surface area contributed by atoms with Gasteiger partial charge in [-0.05, 0) is 64.0 Å². The van der Waals surface area contributed by atoms with Crippen LogP contribution in [0.5, 0.6) is 5.75 Å². The Morgan fingerprint density at radius 1 is 1.12 bits per heavy atom. The number of fused-ring (bicyclic) bond motifs is 1. The van der Waals surface area contributed by atoms with Crippen LogP contribution in [-0.2, 0) is 5.41 Å². The van der Waals surface area contributed by atoms with E-state index >= 15 is 0 Å². The second-order valence-corrected chi connectivity index (χ2v) is 10.7. The van der Waals surface area contributed by atoms with E-state index in [2.05, 4.69) is 94.6 Å². The number of nitrogens with zero attached hydrogens (tertiary/aromatic N) is 2. The fourth-order valence-corrected chi connectivity index (χ4v) is 6.52. The molecule has 4 rings (SSSR count). The third-order valence-corrected chi connectivity index (χ3v) is 7.94. The maximum atomic E-state index is 6.62. The first-order valence-electron chi connectivity index (χ1n) is 9.31. The maximum Gasteiger partial charge on any atom is 0.279 e. The summed E-state index contributed by atoms with van der Waals surface area (Å²) < 4.78 is 12.7. The Kier molecular flexibility index (Phi) is 5.02. The normalized spacial score (nSPS) is 23.3. The van der Waals surface area contributed by atoms with E-state index in [4.69, 9.17) is 4.52 Å². The number of anilines is 1. The molecule has 0 N–H and O–H groups in total. The molecule has 2 aliphatic rings. The molecule has 5 heteroatoms. The molecule has 138 valence electrons. The molecule has 2 atom stereocenters. The predicted molar refractivity (Wildman–Crippen MR) is 114 cm³/mol. The highest BCUT2D eigenvalue weighted by Gasteiger charge is 2.45. The number of halogens is 1. The third kappa shape index (κ3) is 3.52. The lowest BCUT2D eigenvalue weighted by Gasteiger charge is -2.29. The van der Waals surface area contributed by atoms with Crippen LogP contribution in [0.1, 0.15) is 39.2 Å². The average Bonchev–Trinajstić information content (AvgIpc) is 3.19. The van der Waals surface area contributed by atoms with Gasteiger partial charge in [0.2, 0.25) is 0 Å². The van der Waals surface area contributed by atoms with E-state index in [1.165, 1.54) is 24.1 Å². The lowest BCUT2D eigenvalue weighted by molar-refractivity contribution is 0.431. The minimum absolute atomic E-state index is 0.135. The van der Waals surface area contributed by atoms with Crippen LogP contribution in [0.3, 0.4) is 0 Å². The highest BCUT2D eigenvalue weighted by Crippen LogP contribution is 2.57. The van der Waals surface area contributed by atoms with Gasteiger partial charge < -0.3 is 9.19 Å². The van der Waals surface area contributed by atoms with Crippen molar-refractivity contribution in [3.8, 4) is 5.75 Å². The van der Waals surface area contributed by atoms with Crippen molar-refractivity contribution >= 4 is 30.1 Å². The molecular weight excluding hydrogens is 407 g/mol. The first-order valence-corrected chi connectivity index (χ1v) is 11.3. The van der Waals surface area contributed by atoms with E-state index in [9.17, 15) is 0 Å². The van der Waals surface area contributed by atoms with Gasteiger partial charge in [-0.25, -0.2) is 4.67 Å². The van der Waals surface area contributed by atoms with Crippen molar-refractivity contribution < 1.29 is 4.52 Å². The Balaban J connectivity index is 1.62. The summed E-state index contributed by atoms with van der Waals surface area (Å²) in [6.07, 6.45) is 2.55. The summed E-state index contributed by atoms with van der Waals surface area (Å²) in [5, 5.41) is 0. The van der Waals surface area contributed by atoms with Gasteiger partial charge in [0.05, 0.1) is 4.47 Å². The van der Waals surface area contributed by atoms with Gasteiger partial charge in [0, 0.05) is 24.8 Å². The highest BCUT2D eigenvalue weighted by atomic mass is 79.9. The van der Waals surface area contributed by atoms with E-state index in [0.29, 0.717) is 6.04 Å². The van der Waals surface area contributed by atoms with Crippen LogP contribution >= 0.6 is 24.4 Å². The molecule has 0 aliphatic carbocycles. The van der Waals surface area contributed by atoms with Gasteiger partial charge in [-0.3, -0.25) is 0 Å². The Morgan fingerprint density at radius 3 is 2.58 bits per heavy atom. The molecule has 0 bridgehead atoms. The summed E-state index contributed by atoms with van der Waals surface area (Å²) in [6.45, 7) is 8.91. The summed E-state index contributed by atoms with van der Waals surface area (Å²) in [4.78, 5) is 0. The smallest absolute Gasteiger partial charge is 0.279 e. The Labute approximate surface area is 166 Å². The molecule has 2 saturated heterocycles. The van der Waals surface area contributed by atoms with Gasteiger partial charge >= 0.3 is 0 Å². The second kappa shape index (κ2) is 7.14. The molecule has 3 nitrogen and oxygen atoms in total. The summed E-state index contributed by atoms with van der Waals surface area (Å²) in [5.41, 5.74) is 2.71. The van der Waals surface area contributed by atoms with Gasteiger partial charge in [-0.1, -0.05) is 45.0 Å². The molecule has 0 saturated carbocycles. The summed E-state index contributed by atoms with van der Waals surface area (Å²) in [7, 11) is -0.819. The summed E-state index contributed by atoms with van der Waals surface area (Å²) >= 11 is 3.74. The minimum Gasteiger partial charge on any atom is -0.439 e. The van der Waals surface area contributed by atoms with E-state index in [-0.39, 0.29) is 5.41 Å². The number of benzene rings is 2. The molecule has 26 heavy (non-hydrogen) atoms. The second-order valence-electron chi connectivity index (χ2n) is 8.12. The van der Waals surface area contributed by atoms with Crippen LogP contribution in [0.25, 0.3) is 0 Å². The topological polar surface area (TPSA) is 15.7 Å². The fourth-order valence-electron chi connectivity index (χ4n) is 3.67. The van der Waals surface area contributed by atoms with Crippen LogP contribution in [0.2, 0.25) is 0 Å². The molecule has 2 aromatic rings. The molecule has 0 amide bonds. The predicted octanol–water partition coefficient (Wildman–Crippen LogP) is 6.34. The quantitative estimate of drug-likeness (QED) is 0.526. The van der Waals surface area contributed by atoms with E-state index in [1.54, 1.807) is 0 Å². The Morgan fingerprint density at radius 2 is 1.88 bits per heavy atom. The van der Waals surface area contributed by atoms with Crippen molar-refractivity contribution in [2.24, 2.45) is 0 Å². The SMILES string of the molecule is CC(C)(C)c1ccc(OP2N(c3ccccc3)C[C@@H]3CCCN32)c(Br)c1. The van der Waals surface area contributed by atoms with Crippen LogP contribution in [0.15, 0.2) is 53.0 Å².